The number of halogens is 2. The predicted octanol–water partition coefficient (Wildman–Crippen LogP) is 4.75. The number of ether oxygens (including phenoxy) is 1. The van der Waals surface area contributed by atoms with E-state index < -0.39 is 22.5 Å². The first-order valence-electron chi connectivity index (χ1n) is 10.9. The van der Waals surface area contributed by atoms with Crippen molar-refractivity contribution in [2.24, 2.45) is 5.10 Å². The largest absolute Gasteiger partial charge is 0.504 e. The lowest BCUT2D eigenvalue weighted by Gasteiger charge is -2.22. The number of para-hydroxylation sites is 1. The highest BCUT2D eigenvalue weighted by Gasteiger charge is 2.28. The second-order valence-electron chi connectivity index (χ2n) is 7.71. The van der Waals surface area contributed by atoms with Gasteiger partial charge in [-0.3, -0.25) is 4.79 Å². The lowest BCUT2D eigenvalue weighted by atomic mass is 10.2. The highest BCUT2D eigenvalue weighted by Crippen LogP contribution is 2.29. The average molecular weight is 550 g/mol. The summed E-state index contributed by atoms with van der Waals surface area (Å²) in [6, 6.07) is 15.9. The molecule has 3 rings (SSSR count). The van der Waals surface area contributed by atoms with Crippen LogP contribution in [-0.2, 0) is 21.4 Å². The maximum Gasteiger partial charge on any atom is 0.255 e. The second-order valence-corrected chi connectivity index (χ2v) is 10.5. The minimum Gasteiger partial charge on any atom is -0.504 e. The Morgan fingerprint density at radius 3 is 2.36 bits per heavy atom. The Bertz CT molecular complexity index is 1340. The van der Waals surface area contributed by atoms with Gasteiger partial charge in [0, 0.05) is 27.7 Å². The lowest BCUT2D eigenvalue weighted by Crippen LogP contribution is -2.39. The van der Waals surface area contributed by atoms with E-state index in [-0.39, 0.29) is 33.0 Å². The normalized spacial score (nSPS) is 11.7. The Labute approximate surface area is 220 Å². The van der Waals surface area contributed by atoms with E-state index in [1.807, 2.05) is 6.92 Å². The van der Waals surface area contributed by atoms with E-state index in [0.29, 0.717) is 17.7 Å². The monoisotopic (exact) mass is 549 g/mol. The third-order valence-corrected chi connectivity index (χ3v) is 7.61. The van der Waals surface area contributed by atoms with Gasteiger partial charge < -0.3 is 9.84 Å². The summed E-state index contributed by atoms with van der Waals surface area (Å²) in [4.78, 5) is 12.7. The zero-order valence-corrected chi connectivity index (χ0v) is 21.9. The van der Waals surface area contributed by atoms with E-state index in [9.17, 15) is 18.3 Å². The quantitative estimate of drug-likeness (QED) is 0.280. The van der Waals surface area contributed by atoms with E-state index in [1.54, 1.807) is 55.5 Å². The number of nitrogens with zero attached hydrogens (tertiary/aromatic N) is 2. The molecule has 0 saturated carbocycles. The van der Waals surface area contributed by atoms with Crippen molar-refractivity contribution >= 4 is 45.3 Å². The van der Waals surface area contributed by atoms with Gasteiger partial charge in [-0.05, 0) is 50.2 Å². The smallest absolute Gasteiger partial charge is 0.255 e. The van der Waals surface area contributed by atoms with Gasteiger partial charge in [0.15, 0.2) is 11.5 Å². The van der Waals surface area contributed by atoms with Gasteiger partial charge in [-0.25, -0.2) is 13.8 Å². The summed E-state index contributed by atoms with van der Waals surface area (Å²) in [6.45, 7) is 3.20. The van der Waals surface area contributed by atoms with Crippen LogP contribution in [0.3, 0.4) is 0 Å². The number of carbonyl (C=O) groups excluding carboxylic acids is 1. The Morgan fingerprint density at radius 1 is 1.08 bits per heavy atom. The fourth-order valence-corrected chi connectivity index (χ4v) is 5.11. The van der Waals surface area contributed by atoms with Crippen molar-refractivity contribution in [3.05, 3.63) is 87.4 Å². The van der Waals surface area contributed by atoms with Gasteiger partial charge in [-0.2, -0.15) is 9.41 Å². The standard InChI is InChI=1S/C25H25Cl2N3O5S/c1-3-35-23-9-4-6-18(25(23)32)14-28-29-24(31)16-30(15-20-21(26)7-5-8-22(20)27)36(33,34)19-12-10-17(2)11-13-19/h4-14,32H,3,15-16H2,1-2H3,(H,29,31)/b28-14-. The van der Waals surface area contributed by atoms with Gasteiger partial charge in [0.05, 0.1) is 24.3 Å². The molecule has 36 heavy (non-hydrogen) atoms. The fourth-order valence-electron chi connectivity index (χ4n) is 3.23. The molecule has 0 aliphatic rings. The molecule has 0 unspecified atom stereocenters. The molecule has 0 saturated heterocycles. The van der Waals surface area contributed by atoms with Crippen LogP contribution in [0.4, 0.5) is 0 Å². The molecular formula is C25H25Cl2N3O5S. The molecule has 190 valence electrons. The number of phenols is 1. The Kier molecular flexibility index (Phi) is 9.33. The molecule has 3 aromatic carbocycles. The zero-order valence-electron chi connectivity index (χ0n) is 19.6. The van der Waals surface area contributed by atoms with Crippen LogP contribution in [0.1, 0.15) is 23.6 Å². The minimum atomic E-state index is -4.09. The van der Waals surface area contributed by atoms with Crippen LogP contribution >= 0.6 is 23.2 Å². The number of nitrogens with one attached hydrogen (secondary N) is 1. The summed E-state index contributed by atoms with van der Waals surface area (Å²) >= 11 is 12.5. The predicted molar refractivity (Wildman–Crippen MR) is 140 cm³/mol. The first-order chi connectivity index (χ1) is 17.1. The van der Waals surface area contributed by atoms with Crippen molar-refractivity contribution in [3.63, 3.8) is 0 Å². The Hall–Kier alpha value is -3.11. The van der Waals surface area contributed by atoms with Crippen LogP contribution in [0.2, 0.25) is 10.0 Å². The molecule has 0 aliphatic carbocycles. The fraction of sp³-hybridized carbons (Fsp3) is 0.200. The number of hydrazone groups is 1. The number of aromatic hydroxyl groups is 1. The van der Waals surface area contributed by atoms with Crippen LogP contribution in [0.5, 0.6) is 11.5 Å². The Balaban J connectivity index is 1.83. The first kappa shape index (κ1) is 27.5. The lowest BCUT2D eigenvalue weighted by molar-refractivity contribution is -0.121. The summed E-state index contributed by atoms with van der Waals surface area (Å²) in [7, 11) is -4.09. The van der Waals surface area contributed by atoms with E-state index >= 15 is 0 Å². The molecule has 2 N–H and O–H groups in total. The topological polar surface area (TPSA) is 108 Å². The van der Waals surface area contributed by atoms with Gasteiger partial charge in [-0.1, -0.05) is 53.0 Å². The average Bonchev–Trinajstić information content (AvgIpc) is 2.83. The van der Waals surface area contributed by atoms with Crippen molar-refractivity contribution < 1.29 is 23.1 Å². The van der Waals surface area contributed by atoms with E-state index in [1.165, 1.54) is 18.3 Å². The maximum absolute atomic E-state index is 13.4. The van der Waals surface area contributed by atoms with Crippen molar-refractivity contribution in [1.82, 2.24) is 9.73 Å². The number of amides is 1. The van der Waals surface area contributed by atoms with Gasteiger partial charge >= 0.3 is 0 Å². The second kappa shape index (κ2) is 12.2. The summed E-state index contributed by atoms with van der Waals surface area (Å²) in [6.07, 6.45) is 1.24. The Morgan fingerprint density at radius 2 is 1.72 bits per heavy atom. The first-order valence-corrected chi connectivity index (χ1v) is 13.1. The van der Waals surface area contributed by atoms with Crippen molar-refractivity contribution in [2.75, 3.05) is 13.2 Å². The molecule has 0 heterocycles. The van der Waals surface area contributed by atoms with Crippen molar-refractivity contribution in [3.8, 4) is 11.5 Å². The van der Waals surface area contributed by atoms with Gasteiger partial charge in [0.25, 0.3) is 5.91 Å². The van der Waals surface area contributed by atoms with Crippen LogP contribution < -0.4 is 10.2 Å². The number of phenolic OH excluding ortho intramolecular Hbond substituents is 1. The highest BCUT2D eigenvalue weighted by atomic mass is 35.5. The molecule has 8 nitrogen and oxygen atoms in total. The zero-order chi connectivity index (χ0) is 26.3. The molecule has 0 radical (unpaired) electrons. The number of rotatable bonds is 10. The van der Waals surface area contributed by atoms with Gasteiger partial charge in [0.1, 0.15) is 0 Å². The van der Waals surface area contributed by atoms with E-state index in [0.717, 1.165) is 9.87 Å². The maximum atomic E-state index is 13.4. The van der Waals surface area contributed by atoms with Crippen LogP contribution in [-0.4, -0.2) is 43.1 Å². The van der Waals surface area contributed by atoms with Crippen molar-refractivity contribution in [2.45, 2.75) is 25.3 Å². The summed E-state index contributed by atoms with van der Waals surface area (Å²) in [5.41, 5.74) is 3.86. The summed E-state index contributed by atoms with van der Waals surface area (Å²) in [5, 5.41) is 14.7. The molecule has 0 aliphatic heterocycles. The molecular weight excluding hydrogens is 525 g/mol. The SMILES string of the molecule is CCOc1cccc(/C=N\NC(=O)CN(Cc2c(Cl)cccc2Cl)S(=O)(=O)c2ccc(C)cc2)c1O. The third-order valence-electron chi connectivity index (χ3n) is 5.10. The minimum absolute atomic E-state index is 0.0187. The number of aryl methyl sites for hydroxylation is 1. The molecule has 0 aromatic heterocycles. The number of hydrogen-bond donors (Lipinski definition) is 2. The molecule has 0 bridgehead atoms. The summed E-state index contributed by atoms with van der Waals surface area (Å²) < 4.78 is 33.1. The van der Waals surface area contributed by atoms with Gasteiger partial charge in [-0.15, -0.1) is 0 Å². The molecule has 3 aromatic rings. The van der Waals surface area contributed by atoms with Crippen LogP contribution in [0.25, 0.3) is 0 Å². The number of hydrogen-bond acceptors (Lipinski definition) is 6. The van der Waals surface area contributed by atoms with Crippen LogP contribution in [0, 0.1) is 6.92 Å². The number of benzene rings is 3. The van der Waals surface area contributed by atoms with E-state index in [4.69, 9.17) is 27.9 Å². The number of sulfonamides is 1. The molecule has 11 heteroatoms. The third kappa shape index (κ3) is 6.76. The molecule has 0 atom stereocenters. The molecule has 1 amide bonds. The van der Waals surface area contributed by atoms with E-state index in [2.05, 4.69) is 10.5 Å². The van der Waals surface area contributed by atoms with Crippen molar-refractivity contribution in [1.29, 1.82) is 0 Å². The highest BCUT2D eigenvalue weighted by molar-refractivity contribution is 7.89. The van der Waals surface area contributed by atoms with Gasteiger partial charge in [0.2, 0.25) is 10.0 Å². The van der Waals surface area contributed by atoms with Crippen LogP contribution in [0.15, 0.2) is 70.7 Å². The summed E-state index contributed by atoms with van der Waals surface area (Å²) in [5.74, 6) is -0.556. The number of carbonyl (C=O) groups is 1. The molecule has 0 fully saturated rings. The molecule has 0 spiro atoms.